The van der Waals surface area contributed by atoms with Crippen LogP contribution < -0.4 is 10.6 Å². The molecule has 0 bridgehead atoms. The number of nitrogens with zero attached hydrogens (tertiary/aromatic N) is 1. The minimum absolute atomic E-state index is 0.103. The summed E-state index contributed by atoms with van der Waals surface area (Å²) < 4.78 is 0. The summed E-state index contributed by atoms with van der Waals surface area (Å²) in [5.74, 6) is 0.103. The van der Waals surface area contributed by atoms with E-state index in [-0.39, 0.29) is 11.4 Å². The summed E-state index contributed by atoms with van der Waals surface area (Å²) in [5.41, 5.74) is 1.53. The van der Waals surface area contributed by atoms with E-state index in [9.17, 15) is 4.79 Å². The molecule has 1 aromatic heterocycles. The number of carbonyl (C=O) groups is 1. The maximum absolute atomic E-state index is 12.3. The fraction of sp³-hybridized carbons (Fsp3) is 0.571. The second-order valence-electron chi connectivity index (χ2n) is 4.92. The lowest BCUT2D eigenvalue weighted by molar-refractivity contribution is -0.127. The van der Waals surface area contributed by atoms with E-state index >= 15 is 0 Å². The normalized spacial score (nSPS) is 23.0. The number of nitrogens with one attached hydrogen (secondary N) is 2. The van der Waals surface area contributed by atoms with E-state index in [1.807, 2.05) is 25.1 Å². The van der Waals surface area contributed by atoms with Gasteiger partial charge in [-0.1, -0.05) is 13.0 Å². The fourth-order valence-corrected chi connectivity index (χ4v) is 2.50. The molecule has 18 heavy (non-hydrogen) atoms. The van der Waals surface area contributed by atoms with Gasteiger partial charge in [-0.25, -0.2) is 0 Å². The zero-order chi connectivity index (χ0) is 13.0. The lowest BCUT2D eigenvalue weighted by Gasteiger charge is -2.26. The minimum atomic E-state index is -0.357. The van der Waals surface area contributed by atoms with Crippen molar-refractivity contribution in [2.24, 2.45) is 0 Å². The molecule has 4 nitrogen and oxygen atoms in total. The second kappa shape index (κ2) is 5.48. The molecule has 98 valence electrons. The summed E-state index contributed by atoms with van der Waals surface area (Å²) in [6.45, 7) is 5.45. The summed E-state index contributed by atoms with van der Waals surface area (Å²) in [4.78, 5) is 16.6. The third-order valence-electron chi connectivity index (χ3n) is 3.66. The van der Waals surface area contributed by atoms with Crippen LogP contribution in [0.2, 0.25) is 0 Å². The van der Waals surface area contributed by atoms with Gasteiger partial charge in [-0.05, 0) is 44.9 Å². The molecule has 1 aromatic rings. The lowest BCUT2D eigenvalue weighted by Crippen LogP contribution is -2.52. The van der Waals surface area contributed by atoms with Crippen LogP contribution in [0.15, 0.2) is 18.2 Å². The van der Waals surface area contributed by atoms with Gasteiger partial charge in [0.25, 0.3) is 0 Å². The molecule has 0 spiro atoms. The van der Waals surface area contributed by atoms with Gasteiger partial charge in [0.1, 0.15) is 0 Å². The quantitative estimate of drug-likeness (QED) is 0.848. The van der Waals surface area contributed by atoms with Crippen molar-refractivity contribution < 1.29 is 4.79 Å². The number of aryl methyl sites for hydroxylation is 1. The molecule has 1 aliphatic rings. The Hall–Kier alpha value is -1.42. The van der Waals surface area contributed by atoms with Gasteiger partial charge in [0.2, 0.25) is 5.91 Å². The average Bonchev–Trinajstić information content (AvgIpc) is 2.86. The van der Waals surface area contributed by atoms with Crippen molar-refractivity contribution in [2.75, 3.05) is 6.54 Å². The smallest absolute Gasteiger partial charge is 0.240 e. The zero-order valence-corrected chi connectivity index (χ0v) is 11.1. The first-order valence-corrected chi connectivity index (χ1v) is 6.62. The first-order chi connectivity index (χ1) is 8.66. The molecule has 2 N–H and O–H groups in total. The Morgan fingerprint density at radius 2 is 2.39 bits per heavy atom. The Kier molecular flexibility index (Phi) is 3.97. The van der Waals surface area contributed by atoms with E-state index in [1.54, 1.807) is 0 Å². The van der Waals surface area contributed by atoms with E-state index in [2.05, 4.69) is 22.5 Å². The molecule has 1 fully saturated rings. The maximum Gasteiger partial charge on any atom is 0.240 e. The van der Waals surface area contributed by atoms with E-state index in [1.165, 1.54) is 0 Å². The van der Waals surface area contributed by atoms with Gasteiger partial charge < -0.3 is 10.6 Å². The standard InChI is InChI=1S/C14H21N3O/c1-3-14(8-5-9-16-14)13(18)15-10-12-7-4-6-11(2)17-12/h4,6-7,16H,3,5,8-10H2,1-2H3,(H,15,18). The molecule has 2 heterocycles. The van der Waals surface area contributed by atoms with Gasteiger partial charge in [-0.3, -0.25) is 9.78 Å². The fourth-order valence-electron chi connectivity index (χ4n) is 2.50. The summed E-state index contributed by atoms with van der Waals surface area (Å²) in [6.07, 6.45) is 2.83. The van der Waals surface area contributed by atoms with Crippen LogP contribution in [-0.2, 0) is 11.3 Å². The predicted molar refractivity (Wildman–Crippen MR) is 71.1 cm³/mol. The molecule has 0 aliphatic carbocycles. The molecule has 1 atom stereocenters. The van der Waals surface area contributed by atoms with E-state index in [0.717, 1.165) is 37.2 Å². The molecular formula is C14H21N3O. The Labute approximate surface area is 108 Å². The van der Waals surface area contributed by atoms with E-state index in [0.29, 0.717) is 6.54 Å². The molecule has 1 amide bonds. The monoisotopic (exact) mass is 247 g/mol. The van der Waals surface area contributed by atoms with Crippen LogP contribution in [-0.4, -0.2) is 23.0 Å². The molecule has 0 saturated carbocycles. The number of aromatic nitrogens is 1. The van der Waals surface area contributed by atoms with Crippen molar-refractivity contribution in [2.45, 2.75) is 45.2 Å². The Morgan fingerprint density at radius 3 is 3.00 bits per heavy atom. The maximum atomic E-state index is 12.3. The van der Waals surface area contributed by atoms with Crippen molar-refractivity contribution in [3.8, 4) is 0 Å². The van der Waals surface area contributed by atoms with Crippen LogP contribution >= 0.6 is 0 Å². The van der Waals surface area contributed by atoms with Crippen molar-refractivity contribution in [1.82, 2.24) is 15.6 Å². The number of pyridine rings is 1. The van der Waals surface area contributed by atoms with Crippen LogP contribution in [0.1, 0.15) is 37.6 Å². The van der Waals surface area contributed by atoms with Crippen LogP contribution in [0.4, 0.5) is 0 Å². The highest BCUT2D eigenvalue weighted by Gasteiger charge is 2.38. The number of hydrogen-bond donors (Lipinski definition) is 2. The topological polar surface area (TPSA) is 54.0 Å². The van der Waals surface area contributed by atoms with Gasteiger partial charge in [0.05, 0.1) is 17.8 Å². The van der Waals surface area contributed by atoms with Crippen LogP contribution in [0.25, 0.3) is 0 Å². The summed E-state index contributed by atoms with van der Waals surface area (Å²) in [5, 5.41) is 6.33. The Morgan fingerprint density at radius 1 is 1.56 bits per heavy atom. The minimum Gasteiger partial charge on any atom is -0.349 e. The SMILES string of the molecule is CCC1(C(=O)NCc2cccc(C)n2)CCCN1. The Balaban J connectivity index is 1.95. The third-order valence-corrected chi connectivity index (χ3v) is 3.66. The number of rotatable bonds is 4. The van der Waals surface area contributed by atoms with Crippen molar-refractivity contribution >= 4 is 5.91 Å². The number of amides is 1. The van der Waals surface area contributed by atoms with Gasteiger partial charge >= 0.3 is 0 Å². The average molecular weight is 247 g/mol. The highest BCUT2D eigenvalue weighted by molar-refractivity contribution is 5.86. The first-order valence-electron chi connectivity index (χ1n) is 6.62. The van der Waals surface area contributed by atoms with Gasteiger partial charge in [-0.2, -0.15) is 0 Å². The molecular weight excluding hydrogens is 226 g/mol. The molecule has 0 aromatic carbocycles. The Bertz CT molecular complexity index is 425. The van der Waals surface area contributed by atoms with Crippen molar-refractivity contribution in [1.29, 1.82) is 0 Å². The summed E-state index contributed by atoms with van der Waals surface area (Å²) in [7, 11) is 0. The predicted octanol–water partition coefficient (Wildman–Crippen LogP) is 1.54. The largest absolute Gasteiger partial charge is 0.349 e. The van der Waals surface area contributed by atoms with E-state index < -0.39 is 0 Å². The number of hydrogen-bond acceptors (Lipinski definition) is 3. The molecule has 4 heteroatoms. The first kappa shape index (κ1) is 13.0. The highest BCUT2D eigenvalue weighted by Crippen LogP contribution is 2.23. The van der Waals surface area contributed by atoms with Gasteiger partial charge in [-0.15, -0.1) is 0 Å². The van der Waals surface area contributed by atoms with Crippen LogP contribution in [0.3, 0.4) is 0 Å². The summed E-state index contributed by atoms with van der Waals surface area (Å²) in [6, 6.07) is 5.86. The van der Waals surface area contributed by atoms with Crippen molar-refractivity contribution in [3.05, 3.63) is 29.6 Å². The van der Waals surface area contributed by atoms with Gasteiger partial charge in [0.15, 0.2) is 0 Å². The molecule has 0 radical (unpaired) electrons. The highest BCUT2D eigenvalue weighted by atomic mass is 16.2. The van der Waals surface area contributed by atoms with E-state index in [4.69, 9.17) is 0 Å². The van der Waals surface area contributed by atoms with Gasteiger partial charge in [0, 0.05) is 5.69 Å². The molecule has 1 saturated heterocycles. The molecule has 1 unspecified atom stereocenters. The zero-order valence-electron chi connectivity index (χ0n) is 11.1. The van der Waals surface area contributed by atoms with Crippen molar-refractivity contribution in [3.63, 3.8) is 0 Å². The van der Waals surface area contributed by atoms with Crippen LogP contribution in [0.5, 0.6) is 0 Å². The third kappa shape index (κ3) is 2.70. The lowest BCUT2D eigenvalue weighted by atomic mass is 9.93. The number of carbonyl (C=O) groups excluding carboxylic acids is 1. The second-order valence-corrected chi connectivity index (χ2v) is 4.92. The molecule has 1 aliphatic heterocycles. The summed E-state index contributed by atoms with van der Waals surface area (Å²) >= 11 is 0. The van der Waals surface area contributed by atoms with Crippen LogP contribution in [0, 0.1) is 6.92 Å². The molecule has 2 rings (SSSR count).